The molecule has 1 heterocycles. The van der Waals surface area contributed by atoms with Crippen LogP contribution in [0.4, 0.5) is 11.5 Å². The van der Waals surface area contributed by atoms with Crippen LogP contribution in [0.25, 0.3) is 10.9 Å². The average Bonchev–Trinajstić information content (AvgIpc) is 2.48. The molecular weight excluding hydrogens is 350 g/mol. The Morgan fingerprint density at radius 2 is 1.95 bits per heavy atom. The summed E-state index contributed by atoms with van der Waals surface area (Å²) in [5.41, 5.74) is 3.07. The van der Waals surface area contributed by atoms with Crippen molar-refractivity contribution in [2.24, 2.45) is 0 Å². The molecule has 3 rings (SSSR count). The highest BCUT2D eigenvalue weighted by molar-refractivity contribution is 9.10. The lowest BCUT2D eigenvalue weighted by Crippen LogP contribution is -2.00. The average molecular weight is 363 g/mol. The maximum Gasteiger partial charge on any atom is 0.224 e. The fraction of sp³-hybridized carbons (Fsp3) is 0.125. The third kappa shape index (κ3) is 3.01. The monoisotopic (exact) mass is 361 g/mol. The van der Waals surface area contributed by atoms with Gasteiger partial charge in [-0.3, -0.25) is 0 Å². The summed E-state index contributed by atoms with van der Waals surface area (Å²) < 4.78 is 1.07. The third-order valence-electron chi connectivity index (χ3n) is 3.28. The van der Waals surface area contributed by atoms with Gasteiger partial charge in [-0.15, -0.1) is 0 Å². The van der Waals surface area contributed by atoms with Crippen molar-refractivity contribution < 1.29 is 0 Å². The van der Waals surface area contributed by atoms with Crippen molar-refractivity contribution >= 4 is 49.9 Å². The fourth-order valence-electron chi connectivity index (χ4n) is 2.25. The molecule has 2 aromatic carbocycles. The summed E-state index contributed by atoms with van der Waals surface area (Å²) in [5.74, 6) is 0.725. The van der Waals surface area contributed by atoms with Gasteiger partial charge in [0.15, 0.2) is 0 Å². The molecule has 3 nitrogen and oxygen atoms in total. The topological polar surface area (TPSA) is 37.8 Å². The van der Waals surface area contributed by atoms with Crippen molar-refractivity contribution in [2.75, 3.05) is 5.32 Å². The lowest BCUT2D eigenvalue weighted by atomic mass is 10.1. The van der Waals surface area contributed by atoms with E-state index < -0.39 is 0 Å². The number of anilines is 2. The number of nitrogens with zero attached hydrogens (tertiary/aromatic N) is 2. The molecule has 106 valence electrons. The zero-order valence-corrected chi connectivity index (χ0v) is 13.7. The number of fused-ring (bicyclic) bond motifs is 1. The van der Waals surface area contributed by atoms with Crippen molar-refractivity contribution in [1.29, 1.82) is 0 Å². The van der Waals surface area contributed by atoms with Gasteiger partial charge in [-0.2, -0.15) is 4.98 Å². The van der Waals surface area contributed by atoms with Crippen LogP contribution in [0.1, 0.15) is 12.5 Å². The summed E-state index contributed by atoms with van der Waals surface area (Å²) in [7, 11) is 0. The van der Waals surface area contributed by atoms with Gasteiger partial charge in [0.25, 0.3) is 0 Å². The van der Waals surface area contributed by atoms with E-state index >= 15 is 0 Å². The molecule has 0 spiro atoms. The van der Waals surface area contributed by atoms with E-state index in [2.05, 4.69) is 44.2 Å². The molecule has 0 unspecified atom stereocenters. The van der Waals surface area contributed by atoms with Gasteiger partial charge in [0.2, 0.25) is 5.28 Å². The number of rotatable bonds is 3. The smallest absolute Gasteiger partial charge is 0.224 e. The summed E-state index contributed by atoms with van der Waals surface area (Å²) in [5, 5.41) is 4.57. The van der Waals surface area contributed by atoms with E-state index in [1.165, 1.54) is 5.56 Å². The standard InChI is InChI=1S/C16H13BrClN3/c1-2-10-9-11(17)7-8-13(10)19-15-12-5-3-4-6-14(12)20-16(18)21-15/h3-9H,2H2,1H3,(H,19,20,21). The number of aryl methyl sites for hydroxylation is 1. The maximum absolute atomic E-state index is 6.02. The number of hydrogen-bond donors (Lipinski definition) is 1. The lowest BCUT2D eigenvalue weighted by Gasteiger charge is -2.12. The normalized spacial score (nSPS) is 10.8. The molecule has 0 saturated heterocycles. The SMILES string of the molecule is CCc1cc(Br)ccc1Nc1nc(Cl)nc2ccccc12. The van der Waals surface area contributed by atoms with Gasteiger partial charge in [-0.1, -0.05) is 35.0 Å². The highest BCUT2D eigenvalue weighted by Gasteiger charge is 2.08. The molecule has 0 fully saturated rings. The Hall–Kier alpha value is -1.65. The minimum atomic E-state index is 0.242. The molecule has 3 aromatic rings. The third-order valence-corrected chi connectivity index (χ3v) is 3.94. The predicted molar refractivity (Wildman–Crippen MR) is 91.4 cm³/mol. The quantitative estimate of drug-likeness (QED) is 0.638. The van der Waals surface area contributed by atoms with Gasteiger partial charge in [0.1, 0.15) is 5.82 Å². The van der Waals surface area contributed by atoms with Gasteiger partial charge in [0.05, 0.1) is 5.52 Å². The van der Waals surface area contributed by atoms with Crippen LogP contribution in [-0.4, -0.2) is 9.97 Å². The summed E-state index contributed by atoms with van der Waals surface area (Å²) in [4.78, 5) is 8.57. The molecule has 1 aromatic heterocycles. The van der Waals surface area contributed by atoms with E-state index in [4.69, 9.17) is 11.6 Å². The minimum Gasteiger partial charge on any atom is -0.339 e. The molecule has 0 aliphatic carbocycles. The minimum absolute atomic E-state index is 0.242. The molecule has 5 heteroatoms. The van der Waals surface area contributed by atoms with E-state index in [0.29, 0.717) is 0 Å². The van der Waals surface area contributed by atoms with Crippen molar-refractivity contribution in [3.05, 3.63) is 57.8 Å². The second-order valence-corrected chi connectivity index (χ2v) is 5.89. The summed E-state index contributed by atoms with van der Waals surface area (Å²) in [6, 6.07) is 14.0. The number of para-hydroxylation sites is 1. The lowest BCUT2D eigenvalue weighted by molar-refractivity contribution is 1.13. The Bertz CT molecular complexity index is 805. The van der Waals surface area contributed by atoms with Gasteiger partial charge in [-0.05, 0) is 53.9 Å². The first-order chi connectivity index (χ1) is 10.2. The zero-order chi connectivity index (χ0) is 14.8. The molecule has 0 radical (unpaired) electrons. The molecule has 1 N–H and O–H groups in total. The largest absolute Gasteiger partial charge is 0.339 e. The van der Waals surface area contributed by atoms with E-state index in [1.807, 2.05) is 36.4 Å². The number of aromatic nitrogens is 2. The molecule has 0 atom stereocenters. The van der Waals surface area contributed by atoms with Crippen LogP contribution in [0.3, 0.4) is 0 Å². The second kappa shape index (κ2) is 6.00. The van der Waals surface area contributed by atoms with Crippen molar-refractivity contribution in [1.82, 2.24) is 9.97 Å². The molecular formula is C16H13BrClN3. The van der Waals surface area contributed by atoms with Crippen LogP contribution in [-0.2, 0) is 6.42 Å². The Labute approximate surface area is 136 Å². The number of hydrogen-bond acceptors (Lipinski definition) is 3. The van der Waals surface area contributed by atoms with E-state index in [0.717, 1.165) is 33.3 Å². The van der Waals surface area contributed by atoms with Crippen LogP contribution < -0.4 is 5.32 Å². The number of halogens is 2. The van der Waals surface area contributed by atoms with E-state index in [1.54, 1.807) is 0 Å². The van der Waals surface area contributed by atoms with Crippen molar-refractivity contribution in [2.45, 2.75) is 13.3 Å². The molecule has 0 saturated carbocycles. The van der Waals surface area contributed by atoms with Gasteiger partial charge >= 0.3 is 0 Å². The molecule has 0 amide bonds. The molecule has 0 bridgehead atoms. The van der Waals surface area contributed by atoms with Gasteiger partial charge in [-0.25, -0.2) is 4.98 Å². The second-order valence-electron chi connectivity index (χ2n) is 4.64. The Morgan fingerprint density at radius 3 is 2.76 bits per heavy atom. The van der Waals surface area contributed by atoms with Crippen molar-refractivity contribution in [3.63, 3.8) is 0 Å². The van der Waals surface area contributed by atoms with Crippen LogP contribution in [0.2, 0.25) is 5.28 Å². The van der Waals surface area contributed by atoms with Crippen LogP contribution in [0, 0.1) is 0 Å². The first-order valence-electron chi connectivity index (χ1n) is 6.65. The van der Waals surface area contributed by atoms with Crippen LogP contribution >= 0.6 is 27.5 Å². The zero-order valence-electron chi connectivity index (χ0n) is 11.4. The van der Waals surface area contributed by atoms with Crippen LogP contribution in [0.15, 0.2) is 46.9 Å². The summed E-state index contributed by atoms with van der Waals surface area (Å²) >= 11 is 9.52. The maximum atomic E-state index is 6.02. The van der Waals surface area contributed by atoms with Gasteiger partial charge in [0, 0.05) is 15.5 Å². The molecule has 0 aliphatic heterocycles. The molecule has 21 heavy (non-hydrogen) atoms. The Kier molecular flexibility index (Phi) is 4.08. The van der Waals surface area contributed by atoms with E-state index in [9.17, 15) is 0 Å². The van der Waals surface area contributed by atoms with Crippen LogP contribution in [0.5, 0.6) is 0 Å². The van der Waals surface area contributed by atoms with Gasteiger partial charge < -0.3 is 5.32 Å². The Balaban J connectivity index is 2.10. The highest BCUT2D eigenvalue weighted by Crippen LogP contribution is 2.28. The number of nitrogens with one attached hydrogen (secondary N) is 1. The molecule has 0 aliphatic rings. The first kappa shape index (κ1) is 14.3. The first-order valence-corrected chi connectivity index (χ1v) is 7.82. The summed E-state index contributed by atoms with van der Waals surface area (Å²) in [6.07, 6.45) is 0.929. The predicted octanol–water partition coefficient (Wildman–Crippen LogP) is 5.35. The highest BCUT2D eigenvalue weighted by atomic mass is 79.9. The summed E-state index contributed by atoms with van der Waals surface area (Å²) in [6.45, 7) is 2.12. The number of benzene rings is 2. The van der Waals surface area contributed by atoms with Crippen molar-refractivity contribution in [3.8, 4) is 0 Å². The Morgan fingerprint density at radius 1 is 1.14 bits per heavy atom. The van der Waals surface area contributed by atoms with E-state index in [-0.39, 0.29) is 5.28 Å². The fourth-order valence-corrected chi connectivity index (χ4v) is 2.83.